The summed E-state index contributed by atoms with van der Waals surface area (Å²) >= 11 is 12.8. The van der Waals surface area contributed by atoms with Crippen LogP contribution in [-0.2, 0) is 0 Å². The number of aliphatic hydroxyl groups excluding tert-OH is 2. The summed E-state index contributed by atoms with van der Waals surface area (Å²) in [6, 6.07) is 1.84. The zero-order valence-corrected chi connectivity index (χ0v) is 12.5. The summed E-state index contributed by atoms with van der Waals surface area (Å²) in [5.41, 5.74) is 1.70. The van der Waals surface area contributed by atoms with Crippen LogP contribution in [-0.4, -0.2) is 29.5 Å². The summed E-state index contributed by atoms with van der Waals surface area (Å²) < 4.78 is 1.67. The van der Waals surface area contributed by atoms with E-state index in [1.54, 1.807) is 0 Å². The van der Waals surface area contributed by atoms with Gasteiger partial charge in [0.15, 0.2) is 0 Å². The van der Waals surface area contributed by atoms with Crippen LogP contribution in [0.3, 0.4) is 0 Å². The predicted molar refractivity (Wildman–Crippen MR) is 73.2 cm³/mol. The van der Waals surface area contributed by atoms with Gasteiger partial charge in [0.05, 0.1) is 23.4 Å². The second-order valence-corrected chi connectivity index (χ2v) is 5.46. The lowest BCUT2D eigenvalue weighted by Crippen LogP contribution is -2.23. The van der Waals surface area contributed by atoms with E-state index in [0.29, 0.717) is 5.02 Å². The molecule has 3 nitrogen and oxygen atoms in total. The molecular weight excluding hydrogens is 361 g/mol. The zero-order chi connectivity index (χ0) is 12.3. The molecule has 16 heavy (non-hydrogen) atoms. The van der Waals surface area contributed by atoms with E-state index in [1.165, 1.54) is 0 Å². The first-order valence-electron chi connectivity index (χ1n) is 4.64. The van der Waals surface area contributed by atoms with Crippen molar-refractivity contribution in [2.45, 2.75) is 13.0 Å². The van der Waals surface area contributed by atoms with E-state index in [-0.39, 0.29) is 13.2 Å². The fourth-order valence-corrected chi connectivity index (χ4v) is 2.87. The van der Waals surface area contributed by atoms with Crippen molar-refractivity contribution in [2.75, 3.05) is 18.5 Å². The number of nitrogens with one attached hydrogen (secondary N) is 1. The van der Waals surface area contributed by atoms with Crippen molar-refractivity contribution in [3.05, 3.63) is 25.6 Å². The highest BCUT2D eigenvalue weighted by atomic mass is 79.9. The third kappa shape index (κ3) is 3.34. The van der Waals surface area contributed by atoms with Crippen molar-refractivity contribution in [3.63, 3.8) is 0 Å². The molecule has 0 saturated heterocycles. The van der Waals surface area contributed by atoms with Crippen LogP contribution < -0.4 is 5.32 Å². The monoisotopic (exact) mass is 371 g/mol. The number of aliphatic hydroxyl groups is 2. The summed E-state index contributed by atoms with van der Waals surface area (Å²) in [6.07, 6.45) is -0.784. The first-order valence-corrected chi connectivity index (χ1v) is 6.60. The van der Waals surface area contributed by atoms with Gasteiger partial charge in [0.2, 0.25) is 0 Å². The Bertz CT molecular complexity index is 388. The molecular formula is C10H12Br2ClNO2. The molecule has 90 valence electrons. The molecule has 0 aromatic heterocycles. The highest BCUT2D eigenvalue weighted by molar-refractivity contribution is 9.11. The van der Waals surface area contributed by atoms with Crippen molar-refractivity contribution in [1.29, 1.82) is 0 Å². The summed E-state index contributed by atoms with van der Waals surface area (Å²) in [7, 11) is 0. The number of halogens is 3. The van der Waals surface area contributed by atoms with Gasteiger partial charge in [-0.15, -0.1) is 0 Å². The quantitative estimate of drug-likeness (QED) is 0.712. The van der Waals surface area contributed by atoms with Gasteiger partial charge in [0.25, 0.3) is 0 Å². The molecule has 0 aliphatic heterocycles. The molecule has 0 aliphatic rings. The maximum Gasteiger partial charge on any atom is 0.0942 e. The molecule has 0 bridgehead atoms. The van der Waals surface area contributed by atoms with Crippen LogP contribution in [0.15, 0.2) is 15.0 Å². The van der Waals surface area contributed by atoms with Gasteiger partial charge in [0, 0.05) is 15.5 Å². The summed E-state index contributed by atoms with van der Waals surface area (Å²) in [4.78, 5) is 0. The smallest absolute Gasteiger partial charge is 0.0942 e. The molecule has 1 aromatic carbocycles. The molecule has 0 fully saturated rings. The number of hydrogen-bond donors (Lipinski definition) is 3. The Morgan fingerprint density at radius 2 is 2.06 bits per heavy atom. The average Bonchev–Trinajstić information content (AvgIpc) is 2.25. The van der Waals surface area contributed by atoms with Crippen molar-refractivity contribution < 1.29 is 10.2 Å². The van der Waals surface area contributed by atoms with Gasteiger partial charge in [-0.1, -0.05) is 11.6 Å². The molecule has 1 atom stereocenters. The number of rotatable bonds is 4. The van der Waals surface area contributed by atoms with Crippen molar-refractivity contribution in [1.82, 2.24) is 0 Å². The molecule has 1 rings (SSSR count). The minimum absolute atomic E-state index is 0.270. The van der Waals surface area contributed by atoms with Gasteiger partial charge in [0.1, 0.15) is 0 Å². The first-order chi connectivity index (χ1) is 7.47. The molecule has 0 heterocycles. The lowest BCUT2D eigenvalue weighted by atomic mass is 10.2. The third-order valence-corrected chi connectivity index (χ3v) is 4.10. The molecule has 6 heteroatoms. The molecule has 0 spiro atoms. The van der Waals surface area contributed by atoms with Gasteiger partial charge in [-0.25, -0.2) is 0 Å². The van der Waals surface area contributed by atoms with Crippen LogP contribution in [0.4, 0.5) is 5.69 Å². The van der Waals surface area contributed by atoms with E-state index >= 15 is 0 Å². The predicted octanol–water partition coefficient (Wildman–Crippen LogP) is 2.94. The average molecular weight is 373 g/mol. The Morgan fingerprint density at radius 3 is 2.62 bits per heavy atom. The second-order valence-electron chi connectivity index (χ2n) is 3.37. The molecule has 1 aromatic rings. The van der Waals surface area contributed by atoms with E-state index in [4.69, 9.17) is 16.7 Å². The SMILES string of the molecule is Cc1c(Cl)c(Br)cc(Br)c1NCC(O)CO. The van der Waals surface area contributed by atoms with Gasteiger partial charge in [-0.2, -0.15) is 0 Å². The Labute approximate surface area is 116 Å². The fourth-order valence-electron chi connectivity index (χ4n) is 1.22. The lowest BCUT2D eigenvalue weighted by molar-refractivity contribution is 0.105. The van der Waals surface area contributed by atoms with Gasteiger partial charge < -0.3 is 15.5 Å². The topological polar surface area (TPSA) is 52.5 Å². The number of hydrogen-bond acceptors (Lipinski definition) is 3. The highest BCUT2D eigenvalue weighted by Gasteiger charge is 2.12. The first kappa shape index (κ1) is 14.3. The van der Waals surface area contributed by atoms with E-state index < -0.39 is 6.10 Å². The molecule has 0 amide bonds. The van der Waals surface area contributed by atoms with E-state index in [9.17, 15) is 5.11 Å². The van der Waals surface area contributed by atoms with Crippen LogP contribution in [0.25, 0.3) is 0 Å². The van der Waals surface area contributed by atoms with Crippen molar-refractivity contribution >= 4 is 49.1 Å². The van der Waals surface area contributed by atoms with Gasteiger partial charge >= 0.3 is 0 Å². The van der Waals surface area contributed by atoms with Crippen molar-refractivity contribution in [3.8, 4) is 0 Å². The van der Waals surface area contributed by atoms with Crippen LogP contribution >= 0.6 is 43.5 Å². The minimum Gasteiger partial charge on any atom is -0.394 e. The molecule has 0 saturated carbocycles. The number of benzene rings is 1. The summed E-state index contributed by atoms with van der Waals surface area (Å²) in [5, 5.41) is 21.6. The van der Waals surface area contributed by atoms with E-state index in [2.05, 4.69) is 37.2 Å². The Kier molecular flexibility index (Phi) is 5.53. The van der Waals surface area contributed by atoms with Crippen LogP contribution in [0.2, 0.25) is 5.02 Å². The molecule has 0 radical (unpaired) electrons. The van der Waals surface area contributed by atoms with Crippen LogP contribution in [0.1, 0.15) is 5.56 Å². The molecule has 3 N–H and O–H groups in total. The Hall–Kier alpha value is 0.190. The van der Waals surface area contributed by atoms with Crippen LogP contribution in [0.5, 0.6) is 0 Å². The van der Waals surface area contributed by atoms with Gasteiger partial charge in [-0.3, -0.25) is 0 Å². The third-order valence-electron chi connectivity index (χ3n) is 2.13. The Balaban J connectivity index is 2.92. The highest BCUT2D eigenvalue weighted by Crippen LogP contribution is 2.37. The van der Waals surface area contributed by atoms with Crippen LogP contribution in [0, 0.1) is 6.92 Å². The fraction of sp³-hybridized carbons (Fsp3) is 0.400. The lowest BCUT2D eigenvalue weighted by Gasteiger charge is -2.16. The Morgan fingerprint density at radius 1 is 1.44 bits per heavy atom. The number of anilines is 1. The van der Waals surface area contributed by atoms with Crippen molar-refractivity contribution in [2.24, 2.45) is 0 Å². The standard InChI is InChI=1S/C10H12Br2ClNO2/c1-5-9(13)7(11)2-8(12)10(5)14-3-6(16)4-15/h2,6,14-16H,3-4H2,1H3. The van der Waals surface area contributed by atoms with E-state index in [0.717, 1.165) is 20.2 Å². The summed E-state index contributed by atoms with van der Waals surface area (Å²) in [5.74, 6) is 0. The van der Waals surface area contributed by atoms with Gasteiger partial charge in [-0.05, 0) is 50.4 Å². The van der Waals surface area contributed by atoms with E-state index in [1.807, 2.05) is 13.0 Å². The zero-order valence-electron chi connectivity index (χ0n) is 8.60. The normalized spacial score (nSPS) is 12.6. The maximum atomic E-state index is 9.25. The molecule has 0 aliphatic carbocycles. The minimum atomic E-state index is -0.784. The maximum absolute atomic E-state index is 9.25. The second kappa shape index (κ2) is 6.21. The molecule has 1 unspecified atom stereocenters. The summed E-state index contributed by atoms with van der Waals surface area (Å²) in [6.45, 7) is 1.88. The largest absolute Gasteiger partial charge is 0.394 e.